The van der Waals surface area contributed by atoms with Crippen LogP contribution in [0.4, 0.5) is 18.0 Å². The van der Waals surface area contributed by atoms with Crippen molar-refractivity contribution in [3.63, 3.8) is 0 Å². The number of thioether (sulfide) groups is 1. The first-order valence-electron chi connectivity index (χ1n) is 7.62. The molecule has 1 heterocycles. The van der Waals surface area contributed by atoms with Crippen LogP contribution in [-0.2, 0) is 11.3 Å². The largest absolute Gasteiger partial charge is 0.405 e. The van der Waals surface area contributed by atoms with Gasteiger partial charge in [0.1, 0.15) is 6.54 Å². The van der Waals surface area contributed by atoms with Gasteiger partial charge >= 0.3 is 12.2 Å². The predicted molar refractivity (Wildman–Crippen MR) is 93.4 cm³/mol. The normalized spacial score (nSPS) is 11.6. The number of nitrogens with one attached hydrogen (secondary N) is 2. The first-order chi connectivity index (χ1) is 12.2. The summed E-state index contributed by atoms with van der Waals surface area (Å²) in [5.41, 5.74) is 1.54. The molecule has 0 spiro atoms. The minimum absolute atomic E-state index is 0.166. The van der Waals surface area contributed by atoms with Gasteiger partial charge in [0.25, 0.3) is 0 Å². The average Bonchev–Trinajstić information content (AvgIpc) is 2.87. The molecule has 0 aliphatic carbocycles. The highest BCUT2D eigenvalue weighted by Crippen LogP contribution is 2.26. The Morgan fingerprint density at radius 2 is 2.08 bits per heavy atom. The summed E-state index contributed by atoms with van der Waals surface area (Å²) in [7, 11) is 0. The van der Waals surface area contributed by atoms with E-state index in [1.807, 2.05) is 22.9 Å². The molecule has 0 radical (unpaired) electrons. The maximum atomic E-state index is 12.0. The van der Waals surface area contributed by atoms with Crippen molar-refractivity contribution in [3.8, 4) is 0 Å². The fraction of sp³-hybridized carbons (Fsp3) is 0.400. The number of urea groups is 1. The maximum absolute atomic E-state index is 12.0. The van der Waals surface area contributed by atoms with E-state index >= 15 is 0 Å². The van der Waals surface area contributed by atoms with Gasteiger partial charge in [-0.3, -0.25) is 10.1 Å². The number of fused-ring (bicyclic) bond motifs is 1. The standard InChI is InChI=1S/C15H16ClF3N4O2S/c1-2-5-23-11-4-3-9(16)6-10(11)21-14(23)26-7-12(24)22-13(25)20-8-15(17,18)19/h3-4,6H,2,5,7-8H2,1H3,(H2,20,22,24,25). The molecular formula is C15H16ClF3N4O2S. The molecule has 3 amide bonds. The Hall–Kier alpha value is -1.94. The fourth-order valence-electron chi connectivity index (χ4n) is 2.15. The van der Waals surface area contributed by atoms with Gasteiger partial charge in [0, 0.05) is 11.6 Å². The number of imidazole rings is 1. The zero-order valence-corrected chi connectivity index (χ0v) is 15.3. The summed E-state index contributed by atoms with van der Waals surface area (Å²) in [5.74, 6) is -0.886. The van der Waals surface area contributed by atoms with Crippen LogP contribution in [0.15, 0.2) is 23.4 Å². The minimum Gasteiger partial charge on any atom is -0.329 e. The number of amides is 3. The van der Waals surface area contributed by atoms with Crippen LogP contribution in [0.25, 0.3) is 11.0 Å². The van der Waals surface area contributed by atoms with Crippen LogP contribution in [0.3, 0.4) is 0 Å². The third kappa shape index (κ3) is 5.80. The zero-order valence-electron chi connectivity index (χ0n) is 13.7. The molecule has 0 unspecified atom stereocenters. The smallest absolute Gasteiger partial charge is 0.329 e. The van der Waals surface area contributed by atoms with E-state index in [1.165, 1.54) is 0 Å². The van der Waals surface area contributed by atoms with Crippen molar-refractivity contribution in [2.75, 3.05) is 12.3 Å². The second kappa shape index (κ2) is 8.63. The molecule has 11 heteroatoms. The van der Waals surface area contributed by atoms with E-state index in [4.69, 9.17) is 11.6 Å². The van der Waals surface area contributed by atoms with Crippen molar-refractivity contribution in [1.82, 2.24) is 20.2 Å². The van der Waals surface area contributed by atoms with Gasteiger partial charge in [0.05, 0.1) is 16.8 Å². The SMILES string of the molecule is CCCn1c(SCC(=O)NC(=O)NCC(F)(F)F)nc2cc(Cl)ccc21. The average molecular weight is 409 g/mol. The second-order valence-electron chi connectivity index (χ2n) is 5.31. The molecule has 1 aromatic carbocycles. The molecule has 1 aromatic heterocycles. The van der Waals surface area contributed by atoms with Crippen molar-refractivity contribution in [2.45, 2.75) is 31.2 Å². The molecule has 2 N–H and O–H groups in total. The highest BCUT2D eigenvalue weighted by molar-refractivity contribution is 7.99. The lowest BCUT2D eigenvalue weighted by atomic mass is 10.3. The number of carbonyl (C=O) groups excluding carboxylic acids is 2. The number of imide groups is 1. The van der Waals surface area contributed by atoms with Gasteiger partial charge in [-0.15, -0.1) is 0 Å². The van der Waals surface area contributed by atoms with Crippen LogP contribution < -0.4 is 10.6 Å². The molecule has 0 aliphatic rings. The summed E-state index contributed by atoms with van der Waals surface area (Å²) in [6.45, 7) is 1.16. The third-order valence-corrected chi connectivity index (χ3v) is 4.37. The number of carbonyl (C=O) groups is 2. The van der Waals surface area contributed by atoms with Gasteiger partial charge in [0.2, 0.25) is 5.91 Å². The molecular weight excluding hydrogens is 393 g/mol. The number of alkyl halides is 3. The number of aromatic nitrogens is 2. The minimum atomic E-state index is -4.54. The van der Waals surface area contributed by atoms with Gasteiger partial charge in [-0.2, -0.15) is 13.2 Å². The van der Waals surface area contributed by atoms with Crippen molar-refractivity contribution >= 4 is 46.3 Å². The van der Waals surface area contributed by atoms with Gasteiger partial charge in [-0.05, 0) is 24.6 Å². The Bertz CT molecular complexity index is 810. The van der Waals surface area contributed by atoms with Crippen LogP contribution in [0.2, 0.25) is 5.02 Å². The molecule has 142 valence electrons. The molecule has 0 aliphatic heterocycles. The topological polar surface area (TPSA) is 76.0 Å². The Morgan fingerprint density at radius 3 is 2.73 bits per heavy atom. The van der Waals surface area contributed by atoms with Gasteiger partial charge in [-0.25, -0.2) is 9.78 Å². The van der Waals surface area contributed by atoms with E-state index in [1.54, 1.807) is 17.4 Å². The fourth-order valence-corrected chi connectivity index (χ4v) is 3.16. The number of halogens is 4. The van der Waals surface area contributed by atoms with Crippen molar-refractivity contribution < 1.29 is 22.8 Å². The summed E-state index contributed by atoms with van der Waals surface area (Å²) in [4.78, 5) is 27.5. The van der Waals surface area contributed by atoms with E-state index in [0.717, 1.165) is 23.7 Å². The molecule has 6 nitrogen and oxygen atoms in total. The first kappa shape index (κ1) is 20.4. The highest BCUT2D eigenvalue weighted by Gasteiger charge is 2.28. The molecule has 0 atom stereocenters. The Balaban J connectivity index is 1.99. The molecule has 2 rings (SSSR count). The summed E-state index contributed by atoms with van der Waals surface area (Å²) in [6, 6.07) is 4.08. The Morgan fingerprint density at radius 1 is 1.35 bits per heavy atom. The molecule has 0 saturated heterocycles. The highest BCUT2D eigenvalue weighted by atomic mass is 35.5. The lowest BCUT2D eigenvalue weighted by molar-refractivity contribution is -0.124. The molecule has 0 bridgehead atoms. The lowest BCUT2D eigenvalue weighted by Crippen LogP contribution is -2.43. The van der Waals surface area contributed by atoms with Crippen molar-refractivity contribution in [1.29, 1.82) is 0 Å². The summed E-state index contributed by atoms with van der Waals surface area (Å²) in [6.07, 6.45) is -3.70. The summed E-state index contributed by atoms with van der Waals surface area (Å²) in [5, 5.41) is 4.52. The predicted octanol–water partition coefficient (Wildman–Crippen LogP) is 3.58. The number of benzene rings is 1. The van der Waals surface area contributed by atoms with E-state index in [0.29, 0.717) is 22.2 Å². The Kier molecular flexibility index (Phi) is 6.76. The first-order valence-corrected chi connectivity index (χ1v) is 8.99. The Labute approximate surface area is 156 Å². The maximum Gasteiger partial charge on any atom is 0.405 e. The van der Waals surface area contributed by atoms with Crippen LogP contribution in [0, 0.1) is 0 Å². The monoisotopic (exact) mass is 408 g/mol. The van der Waals surface area contributed by atoms with E-state index in [-0.39, 0.29) is 5.75 Å². The van der Waals surface area contributed by atoms with Crippen molar-refractivity contribution in [2.24, 2.45) is 0 Å². The number of nitrogens with zero attached hydrogens (tertiary/aromatic N) is 2. The third-order valence-electron chi connectivity index (χ3n) is 3.16. The molecule has 0 fully saturated rings. The molecule has 2 aromatic rings. The molecule has 0 saturated carbocycles. The quantitative estimate of drug-likeness (QED) is 0.716. The van der Waals surface area contributed by atoms with Gasteiger partial charge in [0.15, 0.2) is 5.16 Å². The summed E-state index contributed by atoms with van der Waals surface area (Å²) < 4.78 is 38.0. The van der Waals surface area contributed by atoms with E-state index < -0.39 is 24.7 Å². The van der Waals surface area contributed by atoms with E-state index in [2.05, 4.69) is 4.98 Å². The number of aryl methyl sites for hydroxylation is 1. The van der Waals surface area contributed by atoms with Crippen LogP contribution in [-0.4, -0.2) is 40.0 Å². The summed E-state index contributed by atoms with van der Waals surface area (Å²) >= 11 is 7.05. The number of hydrogen-bond donors (Lipinski definition) is 2. The van der Waals surface area contributed by atoms with Crippen LogP contribution in [0.1, 0.15) is 13.3 Å². The molecule has 26 heavy (non-hydrogen) atoms. The van der Waals surface area contributed by atoms with Crippen LogP contribution >= 0.6 is 23.4 Å². The van der Waals surface area contributed by atoms with Crippen molar-refractivity contribution in [3.05, 3.63) is 23.2 Å². The van der Waals surface area contributed by atoms with Gasteiger partial charge in [-0.1, -0.05) is 30.3 Å². The second-order valence-corrected chi connectivity index (χ2v) is 6.69. The van der Waals surface area contributed by atoms with E-state index in [9.17, 15) is 22.8 Å². The van der Waals surface area contributed by atoms with Crippen LogP contribution in [0.5, 0.6) is 0 Å². The number of rotatable bonds is 6. The van der Waals surface area contributed by atoms with Gasteiger partial charge < -0.3 is 9.88 Å². The lowest BCUT2D eigenvalue weighted by Gasteiger charge is -2.09. The zero-order chi connectivity index (χ0) is 19.3. The number of hydrogen-bond acceptors (Lipinski definition) is 4.